The standard InChI is InChI=1S/C28H41N3O4/c1-9-20-15-17-21(18-16-20)23(24(32)30-22-13-11-10-12-14-22)31(27(3,4)5)25(33)19(2)29-26(34)35-28(6,7)8/h1,15-19,22-23H,10-14H2,2-8H3,(H,29,34)(H,30,32). The minimum Gasteiger partial charge on any atom is -0.444 e. The van der Waals surface area contributed by atoms with E-state index in [9.17, 15) is 14.4 Å². The van der Waals surface area contributed by atoms with Gasteiger partial charge in [0.2, 0.25) is 11.8 Å². The van der Waals surface area contributed by atoms with Crippen molar-refractivity contribution >= 4 is 17.9 Å². The first-order chi connectivity index (χ1) is 16.2. The average Bonchev–Trinajstić information content (AvgIpc) is 2.75. The lowest BCUT2D eigenvalue weighted by atomic mass is 9.92. The summed E-state index contributed by atoms with van der Waals surface area (Å²) in [4.78, 5) is 41.4. The summed E-state index contributed by atoms with van der Waals surface area (Å²) in [7, 11) is 0. The maximum atomic E-state index is 13.8. The lowest BCUT2D eigenvalue weighted by molar-refractivity contribution is -0.148. The summed E-state index contributed by atoms with van der Waals surface area (Å²) < 4.78 is 5.32. The Morgan fingerprint density at radius 2 is 1.60 bits per heavy atom. The molecule has 2 N–H and O–H groups in total. The zero-order valence-corrected chi connectivity index (χ0v) is 22.2. The van der Waals surface area contributed by atoms with Gasteiger partial charge in [0, 0.05) is 17.1 Å². The molecule has 0 saturated heterocycles. The fraction of sp³-hybridized carbons (Fsp3) is 0.607. The Kier molecular flexibility index (Phi) is 9.37. The molecule has 0 aliphatic heterocycles. The van der Waals surface area contributed by atoms with Crippen molar-refractivity contribution in [2.75, 3.05) is 0 Å². The minimum atomic E-state index is -0.904. The number of nitrogens with zero attached hydrogens (tertiary/aromatic N) is 1. The SMILES string of the molecule is C#Cc1ccc(C(C(=O)NC2CCCCC2)N(C(=O)C(C)NC(=O)OC(C)(C)C)C(C)(C)C)cc1. The number of rotatable bonds is 6. The molecule has 7 heteroatoms. The molecule has 1 aliphatic carbocycles. The fourth-order valence-corrected chi connectivity index (χ4v) is 4.31. The van der Waals surface area contributed by atoms with Gasteiger partial charge >= 0.3 is 6.09 Å². The van der Waals surface area contributed by atoms with E-state index >= 15 is 0 Å². The topological polar surface area (TPSA) is 87.7 Å². The predicted octanol–water partition coefficient (Wildman–Crippen LogP) is 4.70. The molecule has 0 aromatic heterocycles. The van der Waals surface area contributed by atoms with E-state index in [2.05, 4.69) is 16.6 Å². The number of terminal acetylenes is 1. The molecular weight excluding hydrogens is 442 g/mol. The number of nitrogens with one attached hydrogen (secondary N) is 2. The maximum absolute atomic E-state index is 13.8. The third-order valence-corrected chi connectivity index (χ3v) is 5.91. The normalized spacial score (nSPS) is 16.4. The number of alkyl carbamates (subject to hydrolysis) is 1. The molecule has 0 radical (unpaired) electrons. The van der Waals surface area contributed by atoms with E-state index in [0.29, 0.717) is 11.1 Å². The number of carbonyl (C=O) groups is 3. The second-order valence-electron chi connectivity index (χ2n) is 11.3. The molecule has 3 amide bonds. The highest BCUT2D eigenvalue weighted by molar-refractivity contribution is 5.92. The Hall–Kier alpha value is -3.01. The van der Waals surface area contributed by atoms with Crippen molar-refractivity contribution in [2.24, 2.45) is 0 Å². The first-order valence-corrected chi connectivity index (χ1v) is 12.4. The van der Waals surface area contributed by atoms with E-state index in [1.165, 1.54) is 6.42 Å². The van der Waals surface area contributed by atoms with Crippen LogP contribution in [0.2, 0.25) is 0 Å². The largest absolute Gasteiger partial charge is 0.444 e. The van der Waals surface area contributed by atoms with Crippen molar-refractivity contribution in [3.63, 3.8) is 0 Å². The maximum Gasteiger partial charge on any atom is 0.408 e. The van der Waals surface area contributed by atoms with Crippen molar-refractivity contribution < 1.29 is 19.1 Å². The summed E-state index contributed by atoms with van der Waals surface area (Å²) in [5.74, 6) is 1.97. The van der Waals surface area contributed by atoms with Gasteiger partial charge in [0.25, 0.3) is 0 Å². The molecule has 35 heavy (non-hydrogen) atoms. The van der Waals surface area contributed by atoms with E-state index in [4.69, 9.17) is 11.2 Å². The van der Waals surface area contributed by atoms with Crippen LogP contribution < -0.4 is 10.6 Å². The third kappa shape index (κ3) is 8.31. The van der Waals surface area contributed by atoms with Crippen LogP contribution in [0.5, 0.6) is 0 Å². The van der Waals surface area contributed by atoms with Crippen molar-refractivity contribution in [1.29, 1.82) is 0 Å². The third-order valence-electron chi connectivity index (χ3n) is 5.91. The van der Waals surface area contributed by atoms with Crippen LogP contribution in [0.4, 0.5) is 4.79 Å². The van der Waals surface area contributed by atoms with E-state index in [0.717, 1.165) is 25.7 Å². The zero-order valence-electron chi connectivity index (χ0n) is 22.2. The Bertz CT molecular complexity index is 929. The number of benzene rings is 1. The molecule has 1 fully saturated rings. The fourth-order valence-electron chi connectivity index (χ4n) is 4.31. The highest BCUT2D eigenvalue weighted by atomic mass is 16.6. The van der Waals surface area contributed by atoms with Gasteiger partial charge in [0.1, 0.15) is 17.7 Å². The molecular formula is C28H41N3O4. The number of hydrogen-bond donors (Lipinski definition) is 2. The lowest BCUT2D eigenvalue weighted by Gasteiger charge is -2.43. The van der Waals surface area contributed by atoms with Gasteiger partial charge in [-0.2, -0.15) is 0 Å². The number of hydrogen-bond acceptors (Lipinski definition) is 4. The molecule has 192 valence electrons. The van der Waals surface area contributed by atoms with Gasteiger partial charge in [-0.05, 0) is 79.0 Å². The van der Waals surface area contributed by atoms with E-state index in [-0.39, 0.29) is 17.9 Å². The van der Waals surface area contributed by atoms with Crippen LogP contribution in [-0.4, -0.2) is 46.0 Å². The van der Waals surface area contributed by atoms with Gasteiger partial charge in [-0.1, -0.05) is 37.3 Å². The monoisotopic (exact) mass is 483 g/mol. The van der Waals surface area contributed by atoms with Crippen LogP contribution in [0.3, 0.4) is 0 Å². The van der Waals surface area contributed by atoms with Gasteiger partial charge in [0.05, 0.1) is 0 Å². The second-order valence-corrected chi connectivity index (χ2v) is 11.3. The van der Waals surface area contributed by atoms with Crippen molar-refractivity contribution in [3.8, 4) is 12.3 Å². The lowest BCUT2D eigenvalue weighted by Crippen LogP contribution is -2.58. The molecule has 1 aliphatic rings. The van der Waals surface area contributed by atoms with Gasteiger partial charge in [-0.25, -0.2) is 4.79 Å². The molecule has 1 saturated carbocycles. The highest BCUT2D eigenvalue weighted by Crippen LogP contribution is 2.31. The Balaban J connectivity index is 2.41. The van der Waals surface area contributed by atoms with E-state index in [1.807, 2.05) is 20.8 Å². The van der Waals surface area contributed by atoms with Crippen LogP contribution in [-0.2, 0) is 14.3 Å². The van der Waals surface area contributed by atoms with Crippen LogP contribution >= 0.6 is 0 Å². The summed E-state index contributed by atoms with van der Waals surface area (Å²) in [6.07, 6.45) is 10.0. The first-order valence-electron chi connectivity index (χ1n) is 12.4. The molecule has 1 aromatic carbocycles. The number of carbonyl (C=O) groups excluding carboxylic acids is 3. The van der Waals surface area contributed by atoms with Crippen LogP contribution in [0.25, 0.3) is 0 Å². The Morgan fingerprint density at radius 3 is 2.09 bits per heavy atom. The highest BCUT2D eigenvalue weighted by Gasteiger charge is 2.41. The molecule has 7 nitrogen and oxygen atoms in total. The summed E-state index contributed by atoms with van der Waals surface area (Å²) in [6, 6.07) is 5.40. The van der Waals surface area contributed by atoms with Gasteiger partial charge in [-0.15, -0.1) is 6.42 Å². The van der Waals surface area contributed by atoms with Gasteiger partial charge in [-0.3, -0.25) is 9.59 Å². The second kappa shape index (κ2) is 11.6. The average molecular weight is 484 g/mol. The number of ether oxygens (including phenoxy) is 1. The molecule has 0 heterocycles. The summed E-state index contributed by atoms with van der Waals surface area (Å²) in [6.45, 7) is 12.5. The zero-order chi connectivity index (χ0) is 26.4. The van der Waals surface area contributed by atoms with Crippen LogP contribution in [0, 0.1) is 12.3 Å². The van der Waals surface area contributed by atoms with Crippen molar-refractivity contribution in [1.82, 2.24) is 15.5 Å². The Labute approximate surface area is 210 Å². The first kappa shape index (κ1) is 28.2. The minimum absolute atomic E-state index is 0.0814. The predicted molar refractivity (Wildman–Crippen MR) is 138 cm³/mol. The molecule has 2 atom stereocenters. The van der Waals surface area contributed by atoms with Crippen molar-refractivity contribution in [2.45, 2.75) is 110 Å². The van der Waals surface area contributed by atoms with E-state index < -0.39 is 29.3 Å². The Morgan fingerprint density at radius 1 is 1.03 bits per heavy atom. The quantitative estimate of drug-likeness (QED) is 0.574. The molecule has 2 rings (SSSR count). The van der Waals surface area contributed by atoms with Gasteiger partial charge in [0.15, 0.2) is 0 Å². The van der Waals surface area contributed by atoms with Gasteiger partial charge < -0.3 is 20.3 Å². The summed E-state index contributed by atoms with van der Waals surface area (Å²) in [5, 5.41) is 5.80. The van der Waals surface area contributed by atoms with Crippen LogP contribution in [0.1, 0.15) is 97.7 Å². The van der Waals surface area contributed by atoms with E-state index in [1.54, 1.807) is 56.9 Å². The smallest absolute Gasteiger partial charge is 0.408 e. The molecule has 1 aromatic rings. The summed E-state index contributed by atoms with van der Waals surface area (Å²) in [5.41, 5.74) is -0.0724. The van der Waals surface area contributed by atoms with Crippen LogP contribution in [0.15, 0.2) is 24.3 Å². The molecule has 0 spiro atoms. The van der Waals surface area contributed by atoms with Crippen molar-refractivity contribution in [3.05, 3.63) is 35.4 Å². The molecule has 0 bridgehead atoms. The summed E-state index contributed by atoms with van der Waals surface area (Å²) >= 11 is 0. The number of amides is 3. The molecule has 2 unspecified atom stereocenters.